The molecule has 0 bridgehead atoms. The number of ether oxygens (including phenoxy) is 1. The summed E-state index contributed by atoms with van der Waals surface area (Å²) in [5.41, 5.74) is 0.0823. The minimum atomic E-state index is -0.553. The minimum Gasteiger partial charge on any atom is -0.444 e. The Bertz CT molecular complexity index is 830. The Hall–Kier alpha value is -2.37. The number of carbonyl (C=O) groups is 1. The van der Waals surface area contributed by atoms with Crippen LogP contribution < -0.4 is 10.9 Å². The third-order valence-corrected chi connectivity index (χ3v) is 4.37. The maximum absolute atomic E-state index is 12.8. The highest BCUT2D eigenvalue weighted by molar-refractivity contribution is 5.83. The molecular weight excluding hydrogens is 318 g/mol. The number of fused-ring (bicyclic) bond motifs is 1. The van der Waals surface area contributed by atoms with Crippen molar-refractivity contribution in [2.75, 3.05) is 0 Å². The first kappa shape index (κ1) is 17.5. The molecule has 134 valence electrons. The zero-order valence-electron chi connectivity index (χ0n) is 15.0. The summed E-state index contributed by atoms with van der Waals surface area (Å²) in [4.78, 5) is 24.7. The third kappa shape index (κ3) is 4.00. The van der Waals surface area contributed by atoms with Gasteiger partial charge in [0.15, 0.2) is 0 Å². The molecule has 1 aliphatic rings. The lowest BCUT2D eigenvalue weighted by molar-refractivity contribution is 0.0523. The highest BCUT2D eigenvalue weighted by Crippen LogP contribution is 2.28. The predicted molar refractivity (Wildman–Crippen MR) is 96.6 cm³/mol. The van der Waals surface area contributed by atoms with Crippen LogP contribution in [0.3, 0.4) is 0 Å². The normalized spacial score (nSPS) is 15.5. The summed E-state index contributed by atoms with van der Waals surface area (Å²) in [5.74, 6) is 0. The molecule has 6 nitrogen and oxygen atoms in total. The summed E-state index contributed by atoms with van der Waals surface area (Å²) in [6.45, 7) is 5.68. The first-order valence-electron chi connectivity index (χ1n) is 8.82. The van der Waals surface area contributed by atoms with Crippen LogP contribution in [0.2, 0.25) is 0 Å². The molecule has 0 spiro atoms. The topological polar surface area (TPSA) is 73.2 Å². The van der Waals surface area contributed by atoms with Gasteiger partial charge < -0.3 is 10.1 Å². The van der Waals surface area contributed by atoms with E-state index < -0.39 is 11.7 Å². The monoisotopic (exact) mass is 343 g/mol. The molecule has 1 heterocycles. The number of nitrogens with one attached hydrogen (secondary N) is 1. The van der Waals surface area contributed by atoms with E-state index in [1.165, 1.54) is 0 Å². The third-order valence-electron chi connectivity index (χ3n) is 4.37. The Balaban J connectivity index is 1.92. The molecule has 1 saturated carbocycles. The van der Waals surface area contributed by atoms with Crippen LogP contribution in [-0.2, 0) is 11.3 Å². The Morgan fingerprint density at radius 2 is 1.88 bits per heavy atom. The van der Waals surface area contributed by atoms with Gasteiger partial charge in [-0.05, 0) is 39.7 Å². The van der Waals surface area contributed by atoms with E-state index in [0.29, 0.717) is 11.1 Å². The maximum atomic E-state index is 12.8. The van der Waals surface area contributed by atoms with Gasteiger partial charge in [0.05, 0.1) is 23.7 Å². The molecule has 1 N–H and O–H groups in total. The van der Waals surface area contributed by atoms with Crippen LogP contribution in [0.5, 0.6) is 0 Å². The van der Waals surface area contributed by atoms with Crippen molar-refractivity contribution in [1.29, 1.82) is 0 Å². The van der Waals surface area contributed by atoms with Crippen molar-refractivity contribution in [1.82, 2.24) is 15.1 Å². The van der Waals surface area contributed by atoms with Gasteiger partial charge in [-0.15, -0.1) is 0 Å². The highest BCUT2D eigenvalue weighted by atomic mass is 16.6. The van der Waals surface area contributed by atoms with E-state index in [1.807, 2.05) is 45.0 Å². The van der Waals surface area contributed by atoms with Crippen molar-refractivity contribution in [2.45, 2.75) is 64.6 Å². The molecule has 0 atom stereocenters. The van der Waals surface area contributed by atoms with Gasteiger partial charge in [-0.3, -0.25) is 4.79 Å². The van der Waals surface area contributed by atoms with Crippen molar-refractivity contribution in [2.24, 2.45) is 0 Å². The lowest BCUT2D eigenvalue weighted by atomic mass is 10.1. The zero-order valence-corrected chi connectivity index (χ0v) is 15.0. The first-order chi connectivity index (χ1) is 11.8. The van der Waals surface area contributed by atoms with E-state index in [1.54, 1.807) is 4.68 Å². The molecule has 1 aromatic heterocycles. The van der Waals surface area contributed by atoms with Gasteiger partial charge in [0, 0.05) is 5.39 Å². The fourth-order valence-electron chi connectivity index (χ4n) is 3.27. The number of benzene rings is 1. The van der Waals surface area contributed by atoms with Crippen LogP contribution in [-0.4, -0.2) is 21.5 Å². The van der Waals surface area contributed by atoms with Crippen LogP contribution in [0.1, 0.15) is 58.2 Å². The number of hydrogen-bond donors (Lipinski definition) is 1. The fraction of sp³-hybridized carbons (Fsp3) is 0.526. The van der Waals surface area contributed by atoms with Crippen molar-refractivity contribution >= 4 is 16.9 Å². The Morgan fingerprint density at radius 3 is 2.52 bits per heavy atom. The lowest BCUT2D eigenvalue weighted by Crippen LogP contribution is -2.34. The van der Waals surface area contributed by atoms with Gasteiger partial charge in [-0.2, -0.15) is 5.10 Å². The number of alkyl carbamates (subject to hydrolysis) is 1. The molecule has 6 heteroatoms. The summed E-state index contributed by atoms with van der Waals surface area (Å²) in [7, 11) is 0. The first-order valence-corrected chi connectivity index (χ1v) is 8.82. The number of carbonyl (C=O) groups excluding carboxylic acids is 1. The summed E-state index contributed by atoms with van der Waals surface area (Å²) in [6, 6.07) is 7.57. The zero-order chi connectivity index (χ0) is 18.0. The smallest absolute Gasteiger partial charge is 0.407 e. The van der Waals surface area contributed by atoms with Crippen molar-refractivity contribution < 1.29 is 9.53 Å². The molecule has 2 aromatic rings. The molecule has 25 heavy (non-hydrogen) atoms. The molecule has 0 radical (unpaired) electrons. The molecule has 1 amide bonds. The molecular formula is C19H25N3O3. The molecule has 0 aliphatic heterocycles. The largest absolute Gasteiger partial charge is 0.444 e. The van der Waals surface area contributed by atoms with Gasteiger partial charge in [0.1, 0.15) is 5.60 Å². The summed E-state index contributed by atoms with van der Waals surface area (Å²) < 4.78 is 6.89. The molecule has 1 fully saturated rings. The molecule has 3 rings (SSSR count). The van der Waals surface area contributed by atoms with E-state index in [0.717, 1.165) is 31.1 Å². The van der Waals surface area contributed by atoms with Gasteiger partial charge >= 0.3 is 6.09 Å². The van der Waals surface area contributed by atoms with E-state index in [-0.39, 0.29) is 18.1 Å². The number of hydrogen-bond acceptors (Lipinski definition) is 4. The molecule has 0 saturated heterocycles. The van der Waals surface area contributed by atoms with E-state index in [2.05, 4.69) is 10.4 Å². The van der Waals surface area contributed by atoms with Crippen LogP contribution in [0.4, 0.5) is 4.79 Å². The van der Waals surface area contributed by atoms with E-state index >= 15 is 0 Å². The molecule has 1 aromatic carbocycles. The van der Waals surface area contributed by atoms with E-state index in [4.69, 9.17) is 4.74 Å². The van der Waals surface area contributed by atoms with Gasteiger partial charge in [-0.25, -0.2) is 9.48 Å². The Kier molecular flexibility index (Phi) is 4.79. The minimum absolute atomic E-state index is 0.0523. The second kappa shape index (κ2) is 6.86. The molecule has 0 unspecified atom stereocenters. The second-order valence-corrected chi connectivity index (χ2v) is 7.54. The standard InChI is InChI=1S/C19H25N3O3/c1-19(2,3)25-18(24)20-12-16-14-10-6-7-11-15(14)17(23)22(21-16)13-8-4-5-9-13/h6-7,10-11,13H,4-5,8-9,12H2,1-3H3,(H,20,24). The lowest BCUT2D eigenvalue weighted by Gasteiger charge is -2.20. The SMILES string of the molecule is CC(C)(C)OC(=O)NCc1nn(C2CCCC2)c(=O)c2ccccc12. The van der Waals surface area contributed by atoms with Gasteiger partial charge in [0.2, 0.25) is 0 Å². The van der Waals surface area contributed by atoms with E-state index in [9.17, 15) is 9.59 Å². The predicted octanol–water partition coefficient (Wildman–Crippen LogP) is 3.54. The van der Waals surface area contributed by atoms with Crippen molar-refractivity contribution in [3.63, 3.8) is 0 Å². The highest BCUT2D eigenvalue weighted by Gasteiger charge is 2.22. The van der Waals surface area contributed by atoms with Gasteiger partial charge in [0.25, 0.3) is 5.56 Å². The second-order valence-electron chi connectivity index (χ2n) is 7.54. The van der Waals surface area contributed by atoms with Crippen molar-refractivity contribution in [3.8, 4) is 0 Å². The van der Waals surface area contributed by atoms with Crippen molar-refractivity contribution in [3.05, 3.63) is 40.3 Å². The quantitative estimate of drug-likeness (QED) is 0.925. The number of aromatic nitrogens is 2. The van der Waals surface area contributed by atoms with Crippen LogP contribution >= 0.6 is 0 Å². The number of rotatable bonds is 3. The Morgan fingerprint density at radius 1 is 1.24 bits per heavy atom. The fourth-order valence-corrected chi connectivity index (χ4v) is 3.27. The van der Waals surface area contributed by atoms with Crippen LogP contribution in [0.25, 0.3) is 10.8 Å². The van der Waals surface area contributed by atoms with Crippen LogP contribution in [0.15, 0.2) is 29.1 Å². The number of amides is 1. The summed E-state index contributed by atoms with van der Waals surface area (Å²) in [5, 5.41) is 8.75. The number of nitrogens with zero attached hydrogens (tertiary/aromatic N) is 2. The summed E-state index contributed by atoms with van der Waals surface area (Å²) in [6.07, 6.45) is 3.71. The average molecular weight is 343 g/mol. The van der Waals surface area contributed by atoms with Gasteiger partial charge in [-0.1, -0.05) is 31.0 Å². The van der Waals surface area contributed by atoms with Crippen LogP contribution in [0, 0.1) is 0 Å². The Labute approximate surface area is 147 Å². The average Bonchev–Trinajstić information content (AvgIpc) is 3.07. The maximum Gasteiger partial charge on any atom is 0.407 e. The molecule has 1 aliphatic carbocycles. The summed E-state index contributed by atoms with van der Waals surface area (Å²) >= 11 is 0.